The maximum Gasteiger partial charge on any atom is 0.0357 e. The first kappa shape index (κ1) is 13.6. The van der Waals surface area contributed by atoms with Crippen LogP contribution in [-0.2, 0) is 0 Å². The van der Waals surface area contributed by atoms with E-state index in [2.05, 4.69) is 63.3 Å². The summed E-state index contributed by atoms with van der Waals surface area (Å²) in [7, 11) is 2.07. The largest absolute Gasteiger partial charge is 0.313 e. The number of benzene rings is 1. The minimum absolute atomic E-state index is 0.476. The molecule has 0 saturated heterocycles. The van der Waals surface area contributed by atoms with E-state index in [0.717, 1.165) is 5.92 Å². The molecule has 1 atom stereocenters. The van der Waals surface area contributed by atoms with Gasteiger partial charge in [-0.1, -0.05) is 44.7 Å². The molecule has 0 aromatic heterocycles. The Morgan fingerprint density at radius 3 is 2.41 bits per heavy atom. The van der Waals surface area contributed by atoms with E-state index in [1.54, 1.807) is 0 Å². The van der Waals surface area contributed by atoms with Crippen molar-refractivity contribution >= 4 is 31.9 Å². The van der Waals surface area contributed by atoms with Gasteiger partial charge in [-0.05, 0) is 56.0 Å². The number of rotatable bonds is 3. The fraction of sp³-hybridized carbons (Fsp3) is 0.571. The van der Waals surface area contributed by atoms with Crippen LogP contribution in [-0.4, -0.2) is 7.05 Å². The Morgan fingerprint density at radius 2 is 1.82 bits per heavy atom. The van der Waals surface area contributed by atoms with Gasteiger partial charge < -0.3 is 5.32 Å². The van der Waals surface area contributed by atoms with Crippen molar-refractivity contribution in [2.24, 2.45) is 5.92 Å². The van der Waals surface area contributed by atoms with Crippen LogP contribution in [0.5, 0.6) is 0 Å². The highest BCUT2D eigenvalue weighted by Crippen LogP contribution is 2.39. The summed E-state index contributed by atoms with van der Waals surface area (Å²) in [5, 5.41) is 3.50. The SMILES string of the molecule is CNC(c1cc(Br)c(C)cc1Br)C1CCCC1. The number of hydrogen-bond acceptors (Lipinski definition) is 1. The fourth-order valence-electron chi connectivity index (χ4n) is 2.84. The van der Waals surface area contributed by atoms with Gasteiger partial charge in [0.15, 0.2) is 0 Å². The molecule has 1 aromatic carbocycles. The van der Waals surface area contributed by atoms with Gasteiger partial charge in [0.1, 0.15) is 0 Å². The molecule has 0 spiro atoms. The Bertz CT molecular complexity index is 397. The van der Waals surface area contributed by atoms with Crippen LogP contribution in [0, 0.1) is 12.8 Å². The summed E-state index contributed by atoms with van der Waals surface area (Å²) in [4.78, 5) is 0. The Labute approximate surface area is 121 Å². The zero-order valence-electron chi connectivity index (χ0n) is 10.4. The van der Waals surface area contributed by atoms with Gasteiger partial charge in [-0.2, -0.15) is 0 Å². The molecule has 2 rings (SSSR count). The van der Waals surface area contributed by atoms with Crippen LogP contribution in [0.1, 0.15) is 42.9 Å². The highest BCUT2D eigenvalue weighted by atomic mass is 79.9. The van der Waals surface area contributed by atoms with Gasteiger partial charge in [-0.25, -0.2) is 0 Å². The predicted molar refractivity (Wildman–Crippen MR) is 80.3 cm³/mol. The first-order valence-corrected chi connectivity index (χ1v) is 7.85. The average molecular weight is 361 g/mol. The van der Waals surface area contributed by atoms with E-state index in [4.69, 9.17) is 0 Å². The van der Waals surface area contributed by atoms with Gasteiger partial charge in [-0.15, -0.1) is 0 Å². The maximum absolute atomic E-state index is 3.71. The summed E-state index contributed by atoms with van der Waals surface area (Å²) in [5.41, 5.74) is 2.67. The molecule has 1 N–H and O–H groups in total. The monoisotopic (exact) mass is 359 g/mol. The predicted octanol–water partition coefficient (Wildman–Crippen LogP) is 4.97. The number of aryl methyl sites for hydroxylation is 1. The average Bonchev–Trinajstić information content (AvgIpc) is 2.80. The third-order valence-corrected chi connectivity index (χ3v) is 5.34. The van der Waals surface area contributed by atoms with E-state index >= 15 is 0 Å². The van der Waals surface area contributed by atoms with Crippen LogP contribution in [0.4, 0.5) is 0 Å². The Morgan fingerprint density at radius 1 is 1.18 bits per heavy atom. The van der Waals surface area contributed by atoms with E-state index in [1.807, 2.05) is 0 Å². The molecule has 0 heterocycles. The van der Waals surface area contributed by atoms with Gasteiger partial charge in [-0.3, -0.25) is 0 Å². The van der Waals surface area contributed by atoms with Crippen molar-refractivity contribution < 1.29 is 0 Å². The molecule has 0 aliphatic heterocycles. The highest BCUT2D eigenvalue weighted by molar-refractivity contribution is 9.11. The van der Waals surface area contributed by atoms with Crippen molar-refractivity contribution in [3.63, 3.8) is 0 Å². The van der Waals surface area contributed by atoms with Crippen molar-refractivity contribution in [1.29, 1.82) is 0 Å². The lowest BCUT2D eigenvalue weighted by Crippen LogP contribution is -2.24. The molecule has 3 heteroatoms. The van der Waals surface area contributed by atoms with Gasteiger partial charge in [0.25, 0.3) is 0 Å². The summed E-state index contributed by atoms with van der Waals surface area (Å²) < 4.78 is 2.43. The lowest BCUT2D eigenvalue weighted by Gasteiger charge is -2.25. The number of nitrogens with one attached hydrogen (secondary N) is 1. The van der Waals surface area contributed by atoms with E-state index < -0.39 is 0 Å². The normalized spacial score (nSPS) is 18.6. The van der Waals surface area contributed by atoms with E-state index in [-0.39, 0.29) is 0 Å². The summed E-state index contributed by atoms with van der Waals surface area (Å²) in [6, 6.07) is 4.95. The molecular weight excluding hydrogens is 342 g/mol. The molecule has 0 radical (unpaired) electrons. The standard InChI is InChI=1S/C14H19Br2N/c1-9-7-13(16)11(8-12(9)15)14(17-2)10-5-3-4-6-10/h7-8,10,14,17H,3-6H2,1-2H3. The van der Waals surface area contributed by atoms with Gasteiger partial charge >= 0.3 is 0 Å². The van der Waals surface area contributed by atoms with Crippen molar-refractivity contribution in [3.05, 3.63) is 32.2 Å². The maximum atomic E-state index is 3.71. The van der Waals surface area contributed by atoms with E-state index in [9.17, 15) is 0 Å². The quantitative estimate of drug-likeness (QED) is 0.802. The van der Waals surface area contributed by atoms with Crippen LogP contribution in [0.2, 0.25) is 0 Å². The second kappa shape index (κ2) is 5.85. The molecule has 94 valence electrons. The molecule has 1 aliphatic carbocycles. The zero-order chi connectivity index (χ0) is 12.4. The van der Waals surface area contributed by atoms with E-state index in [0.29, 0.717) is 6.04 Å². The molecular formula is C14H19Br2N. The molecule has 0 amide bonds. The fourth-order valence-corrected chi connectivity index (χ4v) is 3.90. The summed E-state index contributed by atoms with van der Waals surface area (Å²) in [6.07, 6.45) is 5.47. The third-order valence-electron chi connectivity index (χ3n) is 3.80. The van der Waals surface area contributed by atoms with Crippen LogP contribution in [0.15, 0.2) is 21.1 Å². The first-order valence-electron chi connectivity index (χ1n) is 6.26. The lowest BCUT2D eigenvalue weighted by atomic mass is 9.91. The minimum atomic E-state index is 0.476. The molecule has 1 saturated carbocycles. The van der Waals surface area contributed by atoms with Crippen molar-refractivity contribution in [2.75, 3.05) is 7.05 Å². The van der Waals surface area contributed by atoms with Crippen LogP contribution in [0.3, 0.4) is 0 Å². The molecule has 0 bridgehead atoms. The molecule has 1 aliphatic rings. The molecule has 17 heavy (non-hydrogen) atoms. The highest BCUT2D eigenvalue weighted by Gasteiger charge is 2.26. The third kappa shape index (κ3) is 2.94. The second-order valence-corrected chi connectivity index (χ2v) is 6.64. The topological polar surface area (TPSA) is 12.0 Å². The number of halogens is 2. The van der Waals surface area contributed by atoms with Gasteiger partial charge in [0, 0.05) is 15.0 Å². The van der Waals surface area contributed by atoms with Crippen molar-refractivity contribution in [2.45, 2.75) is 38.6 Å². The Balaban J connectivity index is 2.32. The molecule has 1 nitrogen and oxygen atoms in total. The molecule has 1 unspecified atom stereocenters. The van der Waals surface area contributed by atoms with Crippen LogP contribution < -0.4 is 5.32 Å². The van der Waals surface area contributed by atoms with Gasteiger partial charge in [0.05, 0.1) is 0 Å². The summed E-state index contributed by atoms with van der Waals surface area (Å²) >= 11 is 7.35. The Hall–Kier alpha value is 0.140. The van der Waals surface area contributed by atoms with Gasteiger partial charge in [0.2, 0.25) is 0 Å². The van der Waals surface area contributed by atoms with Crippen molar-refractivity contribution in [3.8, 4) is 0 Å². The lowest BCUT2D eigenvalue weighted by molar-refractivity contribution is 0.389. The smallest absolute Gasteiger partial charge is 0.0357 e. The molecule has 1 aromatic rings. The minimum Gasteiger partial charge on any atom is -0.313 e. The van der Waals surface area contributed by atoms with Crippen molar-refractivity contribution in [1.82, 2.24) is 5.32 Å². The van der Waals surface area contributed by atoms with Crippen LogP contribution in [0.25, 0.3) is 0 Å². The zero-order valence-corrected chi connectivity index (χ0v) is 13.6. The number of hydrogen-bond donors (Lipinski definition) is 1. The first-order chi connectivity index (χ1) is 8.13. The Kier molecular flexibility index (Phi) is 4.67. The van der Waals surface area contributed by atoms with Crippen LogP contribution >= 0.6 is 31.9 Å². The second-order valence-electron chi connectivity index (χ2n) is 4.93. The summed E-state index contributed by atoms with van der Waals surface area (Å²) in [6.45, 7) is 2.13. The molecule has 1 fully saturated rings. The summed E-state index contributed by atoms with van der Waals surface area (Å²) in [5.74, 6) is 0.783. The van der Waals surface area contributed by atoms with E-state index in [1.165, 1.54) is 45.8 Å².